The number of hydrogen-bond donors (Lipinski definition) is 1. The van der Waals surface area contributed by atoms with Crippen molar-refractivity contribution in [3.63, 3.8) is 0 Å². The molecule has 0 aliphatic rings. The summed E-state index contributed by atoms with van der Waals surface area (Å²) in [7, 11) is 0. The molecule has 1 aromatic carbocycles. The van der Waals surface area contributed by atoms with Crippen molar-refractivity contribution in [3.05, 3.63) is 59.4 Å². The number of nitrogens with one attached hydrogen (secondary N) is 1. The van der Waals surface area contributed by atoms with E-state index in [4.69, 9.17) is 0 Å². The average molecular weight is 240 g/mol. The highest BCUT2D eigenvalue weighted by molar-refractivity contribution is 6.04. The van der Waals surface area contributed by atoms with E-state index in [0.717, 1.165) is 17.8 Å². The van der Waals surface area contributed by atoms with Crippen LogP contribution in [-0.2, 0) is 6.42 Å². The zero-order valence-electron chi connectivity index (χ0n) is 10.6. The van der Waals surface area contributed by atoms with E-state index in [9.17, 15) is 4.79 Å². The quantitative estimate of drug-likeness (QED) is 0.895. The highest BCUT2D eigenvalue weighted by Gasteiger charge is 2.06. The molecule has 0 bridgehead atoms. The van der Waals surface area contributed by atoms with Gasteiger partial charge in [0.05, 0.1) is 5.56 Å². The van der Waals surface area contributed by atoms with Crippen molar-refractivity contribution in [1.29, 1.82) is 0 Å². The predicted molar refractivity (Wildman–Crippen MR) is 72.7 cm³/mol. The van der Waals surface area contributed by atoms with Crippen molar-refractivity contribution >= 4 is 11.6 Å². The Morgan fingerprint density at radius 1 is 1.28 bits per heavy atom. The second kappa shape index (κ2) is 5.45. The molecule has 0 radical (unpaired) electrons. The maximum absolute atomic E-state index is 12.0. The van der Waals surface area contributed by atoms with Crippen molar-refractivity contribution in [3.8, 4) is 0 Å². The molecule has 1 amide bonds. The van der Waals surface area contributed by atoms with Gasteiger partial charge in [-0.1, -0.05) is 19.1 Å². The van der Waals surface area contributed by atoms with Crippen LogP contribution in [0.1, 0.15) is 28.5 Å². The number of carbonyl (C=O) groups excluding carboxylic acids is 1. The van der Waals surface area contributed by atoms with E-state index in [0.29, 0.717) is 5.56 Å². The second-order valence-electron chi connectivity index (χ2n) is 4.20. The molecule has 1 heterocycles. The number of carbonyl (C=O) groups is 1. The van der Waals surface area contributed by atoms with Crippen molar-refractivity contribution in [1.82, 2.24) is 4.98 Å². The van der Waals surface area contributed by atoms with E-state index in [1.807, 2.05) is 37.3 Å². The summed E-state index contributed by atoms with van der Waals surface area (Å²) < 4.78 is 0. The third-order valence-electron chi connectivity index (χ3n) is 2.77. The Morgan fingerprint density at radius 3 is 2.78 bits per heavy atom. The van der Waals surface area contributed by atoms with Gasteiger partial charge in [0, 0.05) is 17.6 Å². The summed E-state index contributed by atoms with van der Waals surface area (Å²) in [6, 6.07) is 11.5. The molecule has 2 rings (SSSR count). The zero-order chi connectivity index (χ0) is 13.0. The first-order valence-electron chi connectivity index (χ1n) is 6.02. The third-order valence-corrected chi connectivity index (χ3v) is 2.77. The summed E-state index contributed by atoms with van der Waals surface area (Å²) in [5, 5.41) is 2.87. The van der Waals surface area contributed by atoms with Gasteiger partial charge in [-0.15, -0.1) is 0 Å². The molecule has 2 aromatic rings. The number of anilines is 1. The maximum Gasteiger partial charge on any atom is 0.257 e. The molecule has 92 valence electrons. The Labute approximate surface area is 107 Å². The van der Waals surface area contributed by atoms with Crippen LogP contribution in [0.4, 0.5) is 5.69 Å². The zero-order valence-corrected chi connectivity index (χ0v) is 10.6. The van der Waals surface area contributed by atoms with E-state index in [1.54, 1.807) is 12.3 Å². The predicted octanol–water partition coefficient (Wildman–Crippen LogP) is 3.20. The molecule has 0 spiro atoms. The number of aryl methyl sites for hydroxylation is 2. The van der Waals surface area contributed by atoms with Crippen molar-refractivity contribution in [2.24, 2.45) is 0 Å². The fraction of sp³-hybridized carbons (Fsp3) is 0.200. The van der Waals surface area contributed by atoms with Crippen LogP contribution in [0.15, 0.2) is 42.6 Å². The molecule has 1 aromatic heterocycles. The Bertz CT molecular complexity index is 547. The molecule has 0 atom stereocenters. The Hall–Kier alpha value is -2.16. The van der Waals surface area contributed by atoms with Crippen molar-refractivity contribution in [2.45, 2.75) is 20.3 Å². The molecule has 0 unspecified atom stereocenters. The van der Waals surface area contributed by atoms with Crippen LogP contribution in [0.2, 0.25) is 0 Å². The average Bonchev–Trinajstić information content (AvgIpc) is 2.39. The van der Waals surface area contributed by atoms with Crippen LogP contribution < -0.4 is 5.32 Å². The molecule has 3 nitrogen and oxygen atoms in total. The number of aromatic nitrogens is 1. The van der Waals surface area contributed by atoms with E-state index in [-0.39, 0.29) is 5.91 Å². The summed E-state index contributed by atoms with van der Waals surface area (Å²) in [4.78, 5) is 16.1. The second-order valence-corrected chi connectivity index (χ2v) is 4.20. The molecule has 18 heavy (non-hydrogen) atoms. The molecule has 0 aliphatic carbocycles. The maximum atomic E-state index is 12.0. The Kier molecular flexibility index (Phi) is 3.72. The van der Waals surface area contributed by atoms with Gasteiger partial charge in [-0.3, -0.25) is 9.78 Å². The number of hydrogen-bond acceptors (Lipinski definition) is 2. The van der Waals surface area contributed by atoms with Gasteiger partial charge in [0.2, 0.25) is 0 Å². The first kappa shape index (κ1) is 12.3. The van der Waals surface area contributed by atoms with Crippen LogP contribution in [0.5, 0.6) is 0 Å². The van der Waals surface area contributed by atoms with Gasteiger partial charge >= 0.3 is 0 Å². The van der Waals surface area contributed by atoms with Crippen LogP contribution in [-0.4, -0.2) is 10.9 Å². The number of amides is 1. The van der Waals surface area contributed by atoms with Gasteiger partial charge < -0.3 is 5.32 Å². The monoisotopic (exact) mass is 240 g/mol. The van der Waals surface area contributed by atoms with E-state index in [2.05, 4.69) is 17.2 Å². The van der Waals surface area contributed by atoms with Crippen LogP contribution in [0.25, 0.3) is 0 Å². The standard InChI is InChI=1S/C15H16N2O/c1-3-12-5-4-6-14(9-12)17-15(18)13-8-7-11(2)16-10-13/h4-10H,3H2,1-2H3,(H,17,18). The van der Waals surface area contributed by atoms with Gasteiger partial charge in [0.25, 0.3) is 5.91 Å². The molecule has 0 saturated heterocycles. The largest absolute Gasteiger partial charge is 0.322 e. The molecule has 1 N–H and O–H groups in total. The lowest BCUT2D eigenvalue weighted by Crippen LogP contribution is -2.12. The number of pyridine rings is 1. The highest BCUT2D eigenvalue weighted by Crippen LogP contribution is 2.12. The van der Waals surface area contributed by atoms with Crippen molar-refractivity contribution < 1.29 is 4.79 Å². The molecule has 0 saturated carbocycles. The van der Waals surface area contributed by atoms with Crippen LogP contribution in [0.3, 0.4) is 0 Å². The first-order chi connectivity index (χ1) is 8.69. The van der Waals surface area contributed by atoms with E-state index < -0.39 is 0 Å². The SMILES string of the molecule is CCc1cccc(NC(=O)c2ccc(C)nc2)c1. The van der Waals surface area contributed by atoms with Gasteiger partial charge in [-0.2, -0.15) is 0 Å². The van der Waals surface area contributed by atoms with E-state index in [1.165, 1.54) is 5.56 Å². The van der Waals surface area contributed by atoms with Crippen molar-refractivity contribution in [2.75, 3.05) is 5.32 Å². The van der Waals surface area contributed by atoms with Crippen LogP contribution >= 0.6 is 0 Å². The highest BCUT2D eigenvalue weighted by atomic mass is 16.1. The minimum atomic E-state index is -0.129. The number of nitrogens with zero attached hydrogens (tertiary/aromatic N) is 1. The minimum absolute atomic E-state index is 0.129. The summed E-state index contributed by atoms with van der Waals surface area (Å²) in [6.07, 6.45) is 2.55. The number of benzene rings is 1. The molecule has 0 fully saturated rings. The minimum Gasteiger partial charge on any atom is -0.322 e. The van der Waals surface area contributed by atoms with Gasteiger partial charge in [0.1, 0.15) is 0 Å². The molecular formula is C15H16N2O. The lowest BCUT2D eigenvalue weighted by atomic mass is 10.1. The smallest absolute Gasteiger partial charge is 0.257 e. The molecule has 0 aliphatic heterocycles. The summed E-state index contributed by atoms with van der Waals surface area (Å²) >= 11 is 0. The third kappa shape index (κ3) is 2.94. The summed E-state index contributed by atoms with van der Waals surface area (Å²) in [5.41, 5.74) is 3.50. The lowest BCUT2D eigenvalue weighted by Gasteiger charge is -2.06. The van der Waals surface area contributed by atoms with Gasteiger partial charge in [-0.05, 0) is 43.2 Å². The number of rotatable bonds is 3. The molecule has 3 heteroatoms. The fourth-order valence-corrected chi connectivity index (χ4v) is 1.67. The summed E-state index contributed by atoms with van der Waals surface area (Å²) in [5.74, 6) is -0.129. The van der Waals surface area contributed by atoms with E-state index >= 15 is 0 Å². The first-order valence-corrected chi connectivity index (χ1v) is 6.02. The summed E-state index contributed by atoms with van der Waals surface area (Å²) in [6.45, 7) is 3.98. The normalized spacial score (nSPS) is 10.1. The topological polar surface area (TPSA) is 42.0 Å². The fourth-order valence-electron chi connectivity index (χ4n) is 1.67. The van der Waals surface area contributed by atoms with Gasteiger partial charge in [-0.25, -0.2) is 0 Å². The Balaban J connectivity index is 2.13. The Morgan fingerprint density at radius 2 is 2.11 bits per heavy atom. The lowest BCUT2D eigenvalue weighted by molar-refractivity contribution is 0.102. The van der Waals surface area contributed by atoms with Crippen LogP contribution in [0, 0.1) is 6.92 Å². The molecular weight excluding hydrogens is 224 g/mol. The van der Waals surface area contributed by atoms with Gasteiger partial charge in [0.15, 0.2) is 0 Å².